The van der Waals surface area contributed by atoms with E-state index in [1.54, 1.807) is 6.92 Å². The number of phenols is 2. The molecule has 2 aromatic carbocycles. The van der Waals surface area contributed by atoms with E-state index in [2.05, 4.69) is 0 Å². The second-order valence-corrected chi connectivity index (χ2v) is 10.2. The number of aliphatic hydroxyl groups is 3. The van der Waals surface area contributed by atoms with Gasteiger partial charge in [0.25, 0.3) is 0 Å². The van der Waals surface area contributed by atoms with Crippen LogP contribution in [0.3, 0.4) is 0 Å². The predicted octanol–water partition coefficient (Wildman–Crippen LogP) is 0.00130. The number of aromatic hydroxyl groups is 2. The molecule has 39 heavy (non-hydrogen) atoms. The Morgan fingerprint density at radius 3 is 2.49 bits per heavy atom. The number of aliphatic hydroxyl groups excluding tert-OH is 2. The van der Waals surface area contributed by atoms with Crippen molar-refractivity contribution in [1.29, 1.82) is 0 Å². The summed E-state index contributed by atoms with van der Waals surface area (Å²) in [5.41, 5.74) is 2.37. The van der Waals surface area contributed by atoms with E-state index in [4.69, 9.17) is 19.9 Å². The van der Waals surface area contributed by atoms with Crippen LogP contribution in [-0.2, 0) is 20.7 Å². The monoisotopic (exact) mass is 543 g/mol. The van der Waals surface area contributed by atoms with E-state index in [1.807, 2.05) is 0 Å². The van der Waals surface area contributed by atoms with Gasteiger partial charge in [-0.1, -0.05) is 12.1 Å². The molecule has 1 saturated heterocycles. The van der Waals surface area contributed by atoms with Gasteiger partial charge in [-0.05, 0) is 13.0 Å². The third-order valence-corrected chi connectivity index (χ3v) is 7.81. The minimum absolute atomic E-state index is 0.0173. The summed E-state index contributed by atoms with van der Waals surface area (Å²) in [5.74, 6) is -3.77. The Kier molecular flexibility index (Phi) is 6.74. The Bertz CT molecular complexity index is 1380. The highest BCUT2D eigenvalue weighted by atomic mass is 16.7. The molecule has 1 fully saturated rings. The fourth-order valence-corrected chi connectivity index (χ4v) is 5.75. The first-order valence-corrected chi connectivity index (χ1v) is 12.4. The van der Waals surface area contributed by atoms with Crippen molar-refractivity contribution in [3.63, 3.8) is 0 Å². The van der Waals surface area contributed by atoms with Crippen molar-refractivity contribution in [2.24, 2.45) is 5.73 Å². The maximum Gasteiger partial charge on any atom is 0.202 e. The lowest BCUT2D eigenvalue weighted by molar-refractivity contribution is -0.247. The number of rotatable bonds is 5. The van der Waals surface area contributed by atoms with Crippen LogP contribution in [0.25, 0.3) is 0 Å². The SMILES string of the molecule is COc1cccc2c1C(=O)c1c(O)c3c(c(O)c1C2=O)C[C@@](O)(C(=O)CO)C[C@@H]3O[C@@H]1C[C@H](N)[C@H](O)C(C)O1. The number of ether oxygens (including phenoxy) is 3. The first-order valence-electron chi connectivity index (χ1n) is 12.4. The fraction of sp³-hybridized carbons (Fsp3) is 0.444. The smallest absolute Gasteiger partial charge is 0.202 e. The molecule has 12 heteroatoms. The standard InChI is InChI=1S/C27H29NO11/c1-10-22(31)13(28)6-17(38-10)39-15-8-27(36,16(30)9-29)7-12-19(15)26(35)21-20(24(12)33)23(32)11-4-3-5-14(37-2)18(11)25(21)34/h3-5,10,13,15,17,22,29,31,33,35-36H,6-9,28H2,1-2H3/t10?,13-,15-,17+,22+,27-/m0/s1. The van der Waals surface area contributed by atoms with E-state index < -0.39 is 95.7 Å². The Labute approximate surface area is 222 Å². The van der Waals surface area contributed by atoms with Crippen LogP contribution < -0.4 is 10.5 Å². The number of Topliss-reactive ketones (excluding diaryl/α,β-unsaturated/α-hetero) is 1. The van der Waals surface area contributed by atoms with Gasteiger partial charge in [-0.2, -0.15) is 0 Å². The van der Waals surface area contributed by atoms with Crippen molar-refractivity contribution >= 4 is 17.3 Å². The van der Waals surface area contributed by atoms with Crippen LogP contribution >= 0.6 is 0 Å². The average molecular weight is 544 g/mol. The normalized spacial score (nSPS) is 29.8. The van der Waals surface area contributed by atoms with E-state index in [0.717, 1.165) is 0 Å². The van der Waals surface area contributed by atoms with E-state index in [1.165, 1.54) is 25.3 Å². The highest BCUT2D eigenvalue weighted by Crippen LogP contribution is 2.52. The molecule has 0 bridgehead atoms. The van der Waals surface area contributed by atoms with E-state index in [9.17, 15) is 39.9 Å². The van der Waals surface area contributed by atoms with Gasteiger partial charge in [-0.15, -0.1) is 0 Å². The summed E-state index contributed by atoms with van der Waals surface area (Å²) < 4.78 is 17.0. The topological polar surface area (TPSA) is 206 Å². The Morgan fingerprint density at radius 2 is 1.85 bits per heavy atom. The molecule has 1 unspecified atom stereocenters. The lowest BCUT2D eigenvalue weighted by atomic mass is 9.72. The summed E-state index contributed by atoms with van der Waals surface area (Å²) in [6, 6.07) is 3.64. The maximum atomic E-state index is 13.6. The second kappa shape index (κ2) is 9.66. The molecule has 12 nitrogen and oxygen atoms in total. The molecule has 7 N–H and O–H groups in total. The van der Waals surface area contributed by atoms with E-state index in [-0.39, 0.29) is 34.4 Å². The number of fused-ring (bicyclic) bond motifs is 3. The Morgan fingerprint density at radius 1 is 1.15 bits per heavy atom. The van der Waals surface area contributed by atoms with Crippen LogP contribution in [0.1, 0.15) is 68.8 Å². The molecular weight excluding hydrogens is 514 g/mol. The minimum Gasteiger partial charge on any atom is -0.507 e. The minimum atomic E-state index is -2.24. The third kappa shape index (κ3) is 4.11. The zero-order valence-electron chi connectivity index (χ0n) is 21.2. The second-order valence-electron chi connectivity index (χ2n) is 10.2. The van der Waals surface area contributed by atoms with Crippen molar-refractivity contribution in [1.82, 2.24) is 0 Å². The van der Waals surface area contributed by atoms with Gasteiger partial charge in [0, 0.05) is 42.0 Å². The Balaban J connectivity index is 1.69. The summed E-state index contributed by atoms with van der Waals surface area (Å²) >= 11 is 0. The first-order chi connectivity index (χ1) is 18.4. The summed E-state index contributed by atoms with van der Waals surface area (Å²) in [6.07, 6.45) is -5.12. The molecule has 2 aliphatic carbocycles. The molecule has 208 valence electrons. The molecule has 3 aliphatic rings. The van der Waals surface area contributed by atoms with E-state index in [0.29, 0.717) is 0 Å². The Hall–Kier alpha value is -3.39. The van der Waals surface area contributed by atoms with Gasteiger partial charge in [0.15, 0.2) is 17.9 Å². The van der Waals surface area contributed by atoms with Gasteiger partial charge in [0.2, 0.25) is 5.78 Å². The number of phenolic OH excluding ortho intramolecular Hbond substituents is 2. The number of nitrogens with two attached hydrogens (primary N) is 1. The molecule has 0 saturated carbocycles. The van der Waals surface area contributed by atoms with Gasteiger partial charge in [-0.3, -0.25) is 14.4 Å². The summed E-state index contributed by atoms with van der Waals surface area (Å²) in [4.78, 5) is 39.7. The van der Waals surface area contributed by atoms with Crippen molar-refractivity contribution in [3.05, 3.63) is 51.6 Å². The number of hydrogen-bond donors (Lipinski definition) is 6. The molecule has 6 atom stereocenters. The van der Waals surface area contributed by atoms with Crippen molar-refractivity contribution in [2.45, 2.75) is 62.4 Å². The van der Waals surface area contributed by atoms with Crippen LogP contribution in [0.15, 0.2) is 18.2 Å². The van der Waals surface area contributed by atoms with Gasteiger partial charge in [0.1, 0.15) is 29.5 Å². The molecule has 0 aromatic heterocycles. The van der Waals surface area contributed by atoms with Crippen molar-refractivity contribution < 1.29 is 54.1 Å². The molecule has 0 spiro atoms. The van der Waals surface area contributed by atoms with Crippen LogP contribution in [0, 0.1) is 0 Å². The van der Waals surface area contributed by atoms with Gasteiger partial charge in [0.05, 0.1) is 42.1 Å². The molecule has 2 aromatic rings. The highest BCUT2D eigenvalue weighted by molar-refractivity contribution is 6.31. The summed E-state index contributed by atoms with van der Waals surface area (Å²) in [6.45, 7) is 0.560. The van der Waals surface area contributed by atoms with Crippen LogP contribution in [0.4, 0.5) is 0 Å². The number of carbonyl (C=O) groups excluding carboxylic acids is 3. The molecule has 1 aliphatic heterocycles. The molecule has 1 heterocycles. The molecule has 0 amide bonds. The summed E-state index contributed by atoms with van der Waals surface area (Å²) in [5, 5.41) is 53.7. The number of benzene rings is 2. The molecule has 5 rings (SSSR count). The van der Waals surface area contributed by atoms with Gasteiger partial charge in [-0.25, -0.2) is 0 Å². The lowest BCUT2D eigenvalue weighted by Crippen LogP contribution is -2.53. The number of hydrogen-bond acceptors (Lipinski definition) is 12. The van der Waals surface area contributed by atoms with Gasteiger partial charge >= 0.3 is 0 Å². The number of methoxy groups -OCH3 is 1. The van der Waals surface area contributed by atoms with Crippen molar-refractivity contribution in [3.8, 4) is 17.2 Å². The summed E-state index contributed by atoms with van der Waals surface area (Å²) in [7, 11) is 1.32. The molecular formula is C27H29NO11. The lowest BCUT2D eigenvalue weighted by Gasteiger charge is -2.42. The first kappa shape index (κ1) is 27.2. The van der Waals surface area contributed by atoms with E-state index >= 15 is 0 Å². The quantitative estimate of drug-likeness (QED) is 0.235. The zero-order valence-corrected chi connectivity index (χ0v) is 21.2. The number of ketones is 3. The predicted molar refractivity (Wildman–Crippen MR) is 132 cm³/mol. The van der Waals surface area contributed by atoms with Gasteiger partial charge < -0.3 is 45.5 Å². The van der Waals surface area contributed by atoms with Crippen LogP contribution in [0.2, 0.25) is 0 Å². The maximum absolute atomic E-state index is 13.6. The largest absolute Gasteiger partial charge is 0.507 e. The zero-order chi connectivity index (χ0) is 28.4. The molecule has 0 radical (unpaired) electrons. The highest BCUT2D eigenvalue weighted by Gasteiger charge is 2.50. The van der Waals surface area contributed by atoms with Crippen LogP contribution in [-0.4, -0.2) is 86.7 Å². The van der Waals surface area contributed by atoms with Crippen LogP contribution in [0.5, 0.6) is 17.2 Å². The number of carbonyl (C=O) groups is 3. The fourth-order valence-electron chi connectivity index (χ4n) is 5.75. The average Bonchev–Trinajstić information content (AvgIpc) is 2.90. The third-order valence-electron chi connectivity index (χ3n) is 7.81. The van der Waals surface area contributed by atoms with Crippen molar-refractivity contribution in [2.75, 3.05) is 13.7 Å².